The Morgan fingerprint density at radius 2 is 1.82 bits per heavy atom. The Kier molecular flexibility index (Phi) is 7.14. The van der Waals surface area contributed by atoms with Gasteiger partial charge in [-0.3, -0.25) is 24.4 Å². The summed E-state index contributed by atoms with van der Waals surface area (Å²) in [7, 11) is 0. The summed E-state index contributed by atoms with van der Waals surface area (Å²) in [6, 6.07) is 2.22. The summed E-state index contributed by atoms with van der Waals surface area (Å²) in [6.45, 7) is 13.9. The molecule has 0 N–H and O–H groups in total. The van der Waals surface area contributed by atoms with Crippen molar-refractivity contribution in [2.45, 2.75) is 73.4 Å². The number of amides is 2. The first kappa shape index (κ1) is 26.5. The molecule has 4 heterocycles. The second-order valence-corrected chi connectivity index (χ2v) is 12.7. The lowest BCUT2D eigenvalue weighted by Gasteiger charge is -2.35. The second-order valence-electron chi connectivity index (χ2n) is 12.7. The Balaban J connectivity index is 1.33. The average Bonchev–Trinajstić information content (AvgIpc) is 3.32. The van der Waals surface area contributed by atoms with Crippen LogP contribution in [0.3, 0.4) is 0 Å². The van der Waals surface area contributed by atoms with E-state index >= 15 is 0 Å². The van der Waals surface area contributed by atoms with Gasteiger partial charge in [0, 0.05) is 55.7 Å². The van der Waals surface area contributed by atoms with E-state index in [1.54, 1.807) is 0 Å². The number of ketones is 1. The van der Waals surface area contributed by atoms with Gasteiger partial charge < -0.3 is 9.80 Å². The second kappa shape index (κ2) is 10.2. The van der Waals surface area contributed by atoms with Gasteiger partial charge in [0.15, 0.2) is 5.78 Å². The van der Waals surface area contributed by atoms with Gasteiger partial charge in [0.05, 0.1) is 12.5 Å². The minimum Gasteiger partial charge on any atom is -0.343 e. The number of nitrogens with zero attached hydrogens (tertiary/aromatic N) is 4. The number of hydrogen-bond acceptors (Lipinski definition) is 5. The monoisotopic (exact) mass is 516 g/mol. The number of likely N-dealkylation sites (tertiary alicyclic amines) is 1. The smallest absolute Gasteiger partial charge is 0.226 e. The molecule has 4 aliphatic rings. The Morgan fingerprint density at radius 3 is 2.53 bits per heavy atom. The normalized spacial score (nSPS) is 22.2. The predicted octanol–water partition coefficient (Wildman–Crippen LogP) is 4.07. The number of allylic oxidation sites excluding steroid dienone is 1. The highest BCUT2D eigenvalue weighted by molar-refractivity contribution is 6.09. The highest BCUT2D eigenvalue weighted by atomic mass is 16.2. The largest absolute Gasteiger partial charge is 0.343 e. The van der Waals surface area contributed by atoms with E-state index in [-0.39, 0.29) is 47.8 Å². The van der Waals surface area contributed by atoms with E-state index in [0.29, 0.717) is 39.1 Å². The van der Waals surface area contributed by atoms with Crippen molar-refractivity contribution in [1.29, 1.82) is 0 Å². The van der Waals surface area contributed by atoms with E-state index in [2.05, 4.69) is 43.7 Å². The molecule has 0 bridgehead atoms. The zero-order valence-electron chi connectivity index (χ0n) is 23.5. The summed E-state index contributed by atoms with van der Waals surface area (Å²) in [6.07, 6.45) is 6.25. The molecule has 4 aliphatic heterocycles. The van der Waals surface area contributed by atoms with Crippen LogP contribution in [-0.4, -0.2) is 65.5 Å². The molecule has 5 rings (SSSR count). The minimum atomic E-state index is -0.374. The van der Waals surface area contributed by atoms with Gasteiger partial charge in [-0.15, -0.1) is 0 Å². The van der Waals surface area contributed by atoms with Gasteiger partial charge in [-0.2, -0.15) is 0 Å². The molecule has 7 heteroatoms. The molecule has 1 fully saturated rings. The molecule has 38 heavy (non-hydrogen) atoms. The standard InChI is InChI=1S/C31H40N4O3/c1-19-10-22-12-23(30(38)35(18-31(3,4)5)17-27(22)26-15-32-14-25(19)26)13-29(37)34-8-6-21(7-9-34)24-11-20(2)33-16-28(24)36/h10-11,15,21,23H,6-9,12-14,16-18H2,1-5H3/t23-/m1/s1. The molecule has 0 unspecified atom stereocenters. The van der Waals surface area contributed by atoms with Crippen molar-refractivity contribution >= 4 is 29.5 Å². The summed E-state index contributed by atoms with van der Waals surface area (Å²) in [4.78, 5) is 52.4. The zero-order chi connectivity index (χ0) is 27.2. The number of carbonyl (C=O) groups is 3. The fraction of sp³-hybridized carbons (Fsp3) is 0.581. The van der Waals surface area contributed by atoms with E-state index < -0.39 is 0 Å². The topological polar surface area (TPSA) is 82.4 Å². The van der Waals surface area contributed by atoms with Crippen molar-refractivity contribution in [3.05, 3.63) is 45.5 Å². The van der Waals surface area contributed by atoms with E-state index in [4.69, 9.17) is 0 Å². The summed E-state index contributed by atoms with van der Waals surface area (Å²) < 4.78 is 0. The van der Waals surface area contributed by atoms with Gasteiger partial charge in [0.25, 0.3) is 0 Å². The Labute approximate surface area is 226 Å². The number of piperidine rings is 1. The Morgan fingerprint density at radius 1 is 1.08 bits per heavy atom. The molecule has 0 aliphatic carbocycles. The lowest BCUT2D eigenvalue weighted by molar-refractivity contribution is -0.142. The minimum absolute atomic E-state index is 0.0436. The number of Topliss-reactive ketones (excluding diaryl/α,β-unsaturated/α-hetero) is 1. The maximum absolute atomic E-state index is 13.9. The summed E-state index contributed by atoms with van der Waals surface area (Å²) in [5.41, 5.74) is 7.74. The molecule has 2 amide bonds. The first-order chi connectivity index (χ1) is 18.0. The van der Waals surface area contributed by atoms with Gasteiger partial charge in [0.1, 0.15) is 6.54 Å². The van der Waals surface area contributed by atoms with Crippen LogP contribution in [0.4, 0.5) is 0 Å². The van der Waals surface area contributed by atoms with Crippen LogP contribution in [0.1, 0.15) is 74.8 Å². The first-order valence-corrected chi connectivity index (χ1v) is 14.0. The maximum Gasteiger partial charge on any atom is 0.226 e. The van der Waals surface area contributed by atoms with Crippen molar-refractivity contribution in [3.63, 3.8) is 0 Å². The van der Waals surface area contributed by atoms with Gasteiger partial charge in [0.2, 0.25) is 11.8 Å². The Bertz CT molecular complexity index is 1260. The highest BCUT2D eigenvalue weighted by Crippen LogP contribution is 2.35. The van der Waals surface area contributed by atoms with Crippen LogP contribution in [0, 0.1) is 24.2 Å². The molecule has 1 saturated heterocycles. The number of rotatable bonds is 4. The molecule has 0 aromatic heterocycles. The zero-order valence-corrected chi connectivity index (χ0v) is 23.5. The van der Waals surface area contributed by atoms with Crippen LogP contribution in [0.25, 0.3) is 0 Å². The van der Waals surface area contributed by atoms with Crippen molar-refractivity contribution in [3.8, 4) is 0 Å². The summed E-state index contributed by atoms with van der Waals surface area (Å²) in [5.74, 6) is 0.0304. The van der Waals surface area contributed by atoms with Crippen LogP contribution in [0.5, 0.6) is 0 Å². The number of dihydropyridines is 1. The molecular weight excluding hydrogens is 476 g/mol. The van der Waals surface area contributed by atoms with Crippen LogP contribution >= 0.6 is 0 Å². The van der Waals surface area contributed by atoms with Crippen molar-refractivity contribution in [2.75, 3.05) is 26.2 Å². The van der Waals surface area contributed by atoms with Gasteiger partial charge in [-0.1, -0.05) is 26.8 Å². The quantitative estimate of drug-likeness (QED) is 0.605. The van der Waals surface area contributed by atoms with Crippen molar-refractivity contribution < 1.29 is 14.4 Å². The number of aryl methyl sites for hydroxylation is 1. The number of aliphatic imine (C=N–C) groups is 2. The van der Waals surface area contributed by atoms with Crippen molar-refractivity contribution in [1.82, 2.24) is 9.80 Å². The molecule has 0 radical (unpaired) electrons. The lowest BCUT2D eigenvalue weighted by atomic mass is 9.84. The van der Waals surface area contributed by atoms with Gasteiger partial charge in [-0.05, 0) is 72.8 Å². The van der Waals surface area contributed by atoms with Crippen LogP contribution in [-0.2, 0) is 33.9 Å². The molecule has 202 valence electrons. The van der Waals surface area contributed by atoms with E-state index in [1.165, 1.54) is 27.8 Å². The van der Waals surface area contributed by atoms with Gasteiger partial charge >= 0.3 is 0 Å². The molecular formula is C31H40N4O3. The molecule has 0 spiro atoms. The molecule has 1 atom stereocenters. The summed E-state index contributed by atoms with van der Waals surface area (Å²) >= 11 is 0. The fourth-order valence-corrected chi connectivity index (χ4v) is 6.48. The molecule has 0 saturated carbocycles. The van der Waals surface area contributed by atoms with Crippen molar-refractivity contribution in [2.24, 2.45) is 27.2 Å². The predicted molar refractivity (Wildman–Crippen MR) is 150 cm³/mol. The fourth-order valence-electron chi connectivity index (χ4n) is 6.48. The molecule has 1 aromatic rings. The number of carbonyl (C=O) groups excluding carboxylic acids is 3. The van der Waals surface area contributed by atoms with Crippen LogP contribution < -0.4 is 0 Å². The van der Waals surface area contributed by atoms with E-state index in [1.807, 2.05) is 29.0 Å². The van der Waals surface area contributed by atoms with Gasteiger partial charge in [-0.25, -0.2) is 0 Å². The number of fused-ring (bicyclic) bond motifs is 3. The molecule has 7 nitrogen and oxygen atoms in total. The number of benzene rings is 1. The SMILES string of the molecule is CC1=NCC(=O)C(C2CCN(C(=O)C[C@H]3Cc4cc(C)c5c(c4CN(CC(C)(C)C)C3=O)C=NC5)CC2)=C1. The Hall–Kier alpha value is -3.09. The van der Waals surface area contributed by atoms with Crippen LogP contribution in [0.2, 0.25) is 0 Å². The third kappa shape index (κ3) is 5.38. The van der Waals surface area contributed by atoms with E-state index in [0.717, 1.165) is 24.1 Å². The average molecular weight is 517 g/mol. The van der Waals surface area contributed by atoms with E-state index in [9.17, 15) is 14.4 Å². The first-order valence-electron chi connectivity index (χ1n) is 14.0. The summed E-state index contributed by atoms with van der Waals surface area (Å²) in [5, 5.41) is 0. The maximum atomic E-state index is 13.9. The molecule has 1 aromatic carbocycles. The number of hydrogen-bond donors (Lipinski definition) is 0. The lowest BCUT2D eigenvalue weighted by Crippen LogP contribution is -2.44. The highest BCUT2D eigenvalue weighted by Gasteiger charge is 2.37. The third-order valence-electron chi connectivity index (χ3n) is 8.38. The van der Waals surface area contributed by atoms with Crippen LogP contribution in [0.15, 0.2) is 27.7 Å². The third-order valence-corrected chi connectivity index (χ3v) is 8.38.